The van der Waals surface area contributed by atoms with Crippen molar-refractivity contribution in [2.75, 3.05) is 5.73 Å². The number of furan rings is 1. The molecule has 3 rings (SSSR count). The number of aromatic nitrogens is 2. The number of benzene rings is 1. The summed E-state index contributed by atoms with van der Waals surface area (Å²) in [4.78, 5) is 9.00. The number of anilines is 1. The van der Waals surface area contributed by atoms with Crippen LogP contribution in [-0.2, 0) is 0 Å². The average Bonchev–Trinajstić information content (AvgIpc) is 2.86. The molecule has 0 bridgehead atoms. The molecule has 0 fully saturated rings. The van der Waals surface area contributed by atoms with E-state index in [0.29, 0.717) is 5.82 Å². The lowest BCUT2D eigenvalue weighted by Crippen LogP contribution is -2.05. The maximum Gasteiger partial charge on any atom is 0.154 e. The average molecular weight is 281 g/mol. The molecule has 0 saturated carbocycles. The van der Waals surface area contributed by atoms with Crippen LogP contribution in [-0.4, -0.2) is 9.97 Å². The Morgan fingerprint density at radius 1 is 1.14 bits per heavy atom. The fourth-order valence-electron chi connectivity index (χ4n) is 2.38. The molecule has 0 radical (unpaired) electrons. The van der Waals surface area contributed by atoms with Crippen LogP contribution in [0.2, 0.25) is 0 Å². The summed E-state index contributed by atoms with van der Waals surface area (Å²) in [6.45, 7) is 8.07. The lowest BCUT2D eigenvalue weighted by molar-refractivity contribution is 0.623. The molecule has 21 heavy (non-hydrogen) atoms. The van der Waals surface area contributed by atoms with Gasteiger partial charge in [0.2, 0.25) is 0 Å². The summed E-state index contributed by atoms with van der Waals surface area (Å²) in [5.41, 5.74) is 9.68. The Morgan fingerprint density at radius 2 is 1.90 bits per heavy atom. The fourth-order valence-corrected chi connectivity index (χ4v) is 2.38. The zero-order chi connectivity index (χ0) is 15.1. The minimum absolute atomic E-state index is 0.220. The summed E-state index contributed by atoms with van der Waals surface area (Å²) in [7, 11) is 0. The van der Waals surface area contributed by atoms with Crippen molar-refractivity contribution in [3.05, 3.63) is 41.2 Å². The summed E-state index contributed by atoms with van der Waals surface area (Å²) in [6.07, 6.45) is 0. The predicted octanol–water partition coefficient (Wildman–Crippen LogP) is 4.21. The minimum Gasteiger partial charge on any atom is -0.454 e. The van der Waals surface area contributed by atoms with Gasteiger partial charge in [-0.3, -0.25) is 0 Å². The van der Waals surface area contributed by atoms with Gasteiger partial charge in [-0.25, -0.2) is 9.97 Å². The molecule has 0 atom stereocenters. The van der Waals surface area contributed by atoms with Crippen LogP contribution in [0, 0.1) is 13.8 Å². The van der Waals surface area contributed by atoms with Gasteiger partial charge in [0.15, 0.2) is 5.76 Å². The molecule has 2 N–H and O–H groups in total. The third kappa shape index (κ3) is 2.27. The summed E-state index contributed by atoms with van der Waals surface area (Å²) in [6, 6.07) is 8.12. The van der Waals surface area contributed by atoms with Gasteiger partial charge in [-0.15, -0.1) is 0 Å². The number of hydrogen-bond donors (Lipinski definition) is 1. The van der Waals surface area contributed by atoms with Crippen LogP contribution in [0.1, 0.15) is 36.7 Å². The van der Waals surface area contributed by atoms with Crippen molar-refractivity contribution >= 4 is 16.8 Å². The molecule has 2 aromatic heterocycles. The lowest BCUT2D eigenvalue weighted by Gasteiger charge is -2.10. The highest BCUT2D eigenvalue weighted by molar-refractivity contribution is 5.85. The first-order valence-corrected chi connectivity index (χ1v) is 7.11. The summed E-state index contributed by atoms with van der Waals surface area (Å²) >= 11 is 0. The molecule has 4 heteroatoms. The SMILES string of the molecule is Cc1c(N)nc(C(C)C)nc1-c1cc2cccc(C)c2o1. The maximum atomic E-state index is 6.03. The zero-order valence-electron chi connectivity index (χ0n) is 12.8. The molecule has 0 aliphatic heterocycles. The van der Waals surface area contributed by atoms with Gasteiger partial charge in [0.1, 0.15) is 22.9 Å². The van der Waals surface area contributed by atoms with Gasteiger partial charge in [0, 0.05) is 16.9 Å². The first kappa shape index (κ1) is 13.6. The van der Waals surface area contributed by atoms with E-state index in [1.54, 1.807) is 0 Å². The largest absolute Gasteiger partial charge is 0.454 e. The van der Waals surface area contributed by atoms with E-state index < -0.39 is 0 Å². The monoisotopic (exact) mass is 281 g/mol. The molecule has 108 valence electrons. The van der Waals surface area contributed by atoms with Crippen molar-refractivity contribution in [3.8, 4) is 11.5 Å². The molecule has 0 aliphatic carbocycles. The van der Waals surface area contributed by atoms with E-state index in [9.17, 15) is 0 Å². The number of fused-ring (bicyclic) bond motifs is 1. The van der Waals surface area contributed by atoms with Gasteiger partial charge in [-0.2, -0.15) is 0 Å². The first-order chi connectivity index (χ1) is 9.97. The molecule has 0 unspecified atom stereocenters. The van der Waals surface area contributed by atoms with Crippen LogP contribution in [0.25, 0.3) is 22.4 Å². The van der Waals surface area contributed by atoms with Crippen molar-refractivity contribution in [1.29, 1.82) is 0 Å². The van der Waals surface area contributed by atoms with Gasteiger partial charge in [-0.05, 0) is 25.5 Å². The van der Waals surface area contributed by atoms with E-state index in [1.165, 1.54) is 0 Å². The first-order valence-electron chi connectivity index (χ1n) is 7.11. The summed E-state index contributed by atoms with van der Waals surface area (Å²) < 4.78 is 6.01. The predicted molar refractivity (Wildman–Crippen MR) is 85.2 cm³/mol. The highest BCUT2D eigenvalue weighted by Crippen LogP contribution is 2.32. The smallest absolute Gasteiger partial charge is 0.154 e. The number of nitrogen functional groups attached to an aromatic ring is 1. The molecule has 0 spiro atoms. The van der Waals surface area contributed by atoms with Crippen LogP contribution in [0.4, 0.5) is 5.82 Å². The molecule has 1 aromatic carbocycles. The highest BCUT2D eigenvalue weighted by atomic mass is 16.3. The lowest BCUT2D eigenvalue weighted by atomic mass is 10.1. The third-order valence-electron chi connectivity index (χ3n) is 3.69. The Labute approximate surface area is 124 Å². The van der Waals surface area contributed by atoms with Gasteiger partial charge in [-0.1, -0.05) is 32.0 Å². The zero-order valence-corrected chi connectivity index (χ0v) is 12.8. The Bertz CT molecular complexity index is 818. The van der Waals surface area contributed by atoms with Crippen molar-refractivity contribution in [2.45, 2.75) is 33.6 Å². The van der Waals surface area contributed by atoms with Crippen LogP contribution < -0.4 is 5.73 Å². The standard InChI is InChI=1S/C17H19N3O/c1-9(2)17-19-14(11(4)16(18)20-17)13-8-12-7-5-6-10(3)15(12)21-13/h5-9H,1-4H3,(H2,18,19,20). The quantitative estimate of drug-likeness (QED) is 0.764. The maximum absolute atomic E-state index is 6.03. The van der Waals surface area contributed by atoms with Gasteiger partial charge >= 0.3 is 0 Å². The fraction of sp³-hybridized carbons (Fsp3) is 0.294. The van der Waals surface area contributed by atoms with Crippen LogP contribution >= 0.6 is 0 Å². The van der Waals surface area contributed by atoms with Crippen LogP contribution in [0.3, 0.4) is 0 Å². The molecule has 4 nitrogen and oxygen atoms in total. The van der Waals surface area contributed by atoms with Gasteiger partial charge < -0.3 is 10.2 Å². The summed E-state index contributed by atoms with van der Waals surface area (Å²) in [5, 5.41) is 1.08. The summed E-state index contributed by atoms with van der Waals surface area (Å²) in [5.74, 6) is 2.22. The third-order valence-corrected chi connectivity index (χ3v) is 3.69. The van der Waals surface area contributed by atoms with Crippen molar-refractivity contribution in [2.24, 2.45) is 0 Å². The molecule has 0 amide bonds. The van der Waals surface area contributed by atoms with Crippen molar-refractivity contribution in [3.63, 3.8) is 0 Å². The highest BCUT2D eigenvalue weighted by Gasteiger charge is 2.16. The van der Waals surface area contributed by atoms with E-state index in [4.69, 9.17) is 10.2 Å². The molecule has 2 heterocycles. The molecular weight excluding hydrogens is 262 g/mol. The number of aryl methyl sites for hydroxylation is 1. The second kappa shape index (κ2) is 4.88. The van der Waals surface area contributed by atoms with Gasteiger partial charge in [0.25, 0.3) is 0 Å². The second-order valence-corrected chi connectivity index (χ2v) is 5.70. The number of nitrogens with two attached hydrogens (primary N) is 1. The van der Waals surface area contributed by atoms with E-state index in [-0.39, 0.29) is 5.92 Å². The van der Waals surface area contributed by atoms with E-state index >= 15 is 0 Å². The number of hydrogen-bond acceptors (Lipinski definition) is 4. The second-order valence-electron chi connectivity index (χ2n) is 5.70. The Balaban J connectivity index is 2.24. The van der Waals surface area contributed by atoms with Crippen LogP contribution in [0.5, 0.6) is 0 Å². The van der Waals surface area contributed by atoms with E-state index in [2.05, 4.69) is 23.8 Å². The molecule has 3 aromatic rings. The molecule has 0 saturated heterocycles. The van der Waals surface area contributed by atoms with Gasteiger partial charge in [0.05, 0.1) is 0 Å². The van der Waals surface area contributed by atoms with E-state index in [1.807, 2.05) is 38.1 Å². The van der Waals surface area contributed by atoms with Crippen molar-refractivity contribution in [1.82, 2.24) is 9.97 Å². The Kier molecular flexibility index (Phi) is 3.16. The molecule has 0 aliphatic rings. The number of rotatable bonds is 2. The number of para-hydroxylation sites is 1. The van der Waals surface area contributed by atoms with Crippen molar-refractivity contribution < 1.29 is 4.42 Å². The van der Waals surface area contributed by atoms with E-state index in [0.717, 1.165) is 39.4 Å². The minimum atomic E-state index is 0.220. The Morgan fingerprint density at radius 3 is 2.57 bits per heavy atom. The molecular formula is C17H19N3O. The Hall–Kier alpha value is -2.36. The number of nitrogens with zero attached hydrogens (tertiary/aromatic N) is 2. The topological polar surface area (TPSA) is 64.9 Å². The normalized spacial score (nSPS) is 11.5. The van der Waals surface area contributed by atoms with Crippen LogP contribution in [0.15, 0.2) is 28.7 Å².